The number of benzene rings is 1. The van der Waals surface area contributed by atoms with E-state index in [0.717, 1.165) is 5.46 Å². The van der Waals surface area contributed by atoms with Crippen molar-refractivity contribution in [3.8, 4) is 0 Å². The molecule has 2 aliphatic rings. The van der Waals surface area contributed by atoms with Gasteiger partial charge in [-0.15, -0.1) is 0 Å². The van der Waals surface area contributed by atoms with Crippen molar-refractivity contribution in [2.75, 3.05) is 19.0 Å². The third-order valence-corrected chi connectivity index (χ3v) is 8.08. The Hall–Kier alpha value is -0.685. The van der Waals surface area contributed by atoms with E-state index in [9.17, 15) is 4.21 Å². The molecule has 0 bridgehead atoms. The van der Waals surface area contributed by atoms with Gasteiger partial charge in [-0.1, -0.05) is 24.3 Å². The Balaban J connectivity index is 1.78. The molecular weight excluding hydrogens is 347 g/mol. The minimum atomic E-state index is -0.913. The summed E-state index contributed by atoms with van der Waals surface area (Å²) >= 11 is 0. The van der Waals surface area contributed by atoms with Gasteiger partial charge in [0.25, 0.3) is 0 Å². The highest BCUT2D eigenvalue weighted by Gasteiger charge is 2.52. The van der Waals surface area contributed by atoms with Crippen molar-refractivity contribution in [3.63, 3.8) is 0 Å². The largest absolute Gasteiger partial charge is 0.494 e. The van der Waals surface area contributed by atoms with Gasteiger partial charge in [0.2, 0.25) is 0 Å². The van der Waals surface area contributed by atoms with E-state index < -0.39 is 10.8 Å². The highest BCUT2D eigenvalue weighted by atomic mass is 32.2. The van der Waals surface area contributed by atoms with Crippen molar-refractivity contribution in [2.45, 2.75) is 69.8 Å². The summed E-state index contributed by atoms with van der Waals surface area (Å²) in [5, 5.41) is 0. The summed E-state index contributed by atoms with van der Waals surface area (Å²) in [5.41, 5.74) is 1.36. The fourth-order valence-electron chi connectivity index (χ4n) is 3.12. The average Bonchev–Trinajstić information content (AvgIpc) is 2.70. The van der Waals surface area contributed by atoms with Crippen molar-refractivity contribution in [3.05, 3.63) is 29.8 Å². The first kappa shape index (κ1) is 20.1. The molecule has 0 aromatic heterocycles. The first-order valence-electron chi connectivity index (χ1n) is 9.29. The average molecular weight is 378 g/mol. The summed E-state index contributed by atoms with van der Waals surface area (Å²) in [6.07, 6.45) is 0. The van der Waals surface area contributed by atoms with Crippen molar-refractivity contribution in [2.24, 2.45) is 0 Å². The summed E-state index contributed by atoms with van der Waals surface area (Å²) in [7, 11) is -1.27. The van der Waals surface area contributed by atoms with Crippen LogP contribution in [0.4, 0.5) is 0 Å². The summed E-state index contributed by atoms with van der Waals surface area (Å²) in [4.78, 5) is 0. The lowest BCUT2D eigenvalue weighted by Crippen LogP contribution is -2.52. The first-order valence-corrected chi connectivity index (χ1v) is 10.6. The monoisotopic (exact) mass is 378 g/mol. The summed E-state index contributed by atoms with van der Waals surface area (Å²) in [6, 6.07) is 8.36. The lowest BCUT2D eigenvalue weighted by Gasteiger charge is -2.43. The molecule has 2 saturated heterocycles. The van der Waals surface area contributed by atoms with Crippen LogP contribution in [0.2, 0.25) is 0 Å². The van der Waals surface area contributed by atoms with Gasteiger partial charge in [0.15, 0.2) is 0 Å². The highest BCUT2D eigenvalue weighted by Crippen LogP contribution is 2.37. The van der Waals surface area contributed by atoms with Gasteiger partial charge in [-0.25, -0.2) is 0 Å². The maximum absolute atomic E-state index is 12.7. The second-order valence-electron chi connectivity index (χ2n) is 9.59. The van der Waals surface area contributed by atoms with Gasteiger partial charge in [-0.05, 0) is 59.5 Å². The van der Waals surface area contributed by atoms with Gasteiger partial charge in [-0.2, -0.15) is 0 Å². The lowest BCUT2D eigenvalue weighted by atomic mass is 9.75. The first-order chi connectivity index (χ1) is 11.9. The molecule has 6 heteroatoms. The number of rotatable bonds is 4. The van der Waals surface area contributed by atoms with Crippen LogP contribution in [0.5, 0.6) is 0 Å². The van der Waals surface area contributed by atoms with Crippen LogP contribution in [0.3, 0.4) is 0 Å². The van der Waals surface area contributed by atoms with Crippen LogP contribution < -0.4 is 5.46 Å². The molecule has 0 radical (unpaired) electrons. The van der Waals surface area contributed by atoms with E-state index >= 15 is 0 Å². The standard InChI is InChI=1S/C20H31BO4S/c1-17(2,3)26(22)14-20(12-23-13-20)15-8-10-16(11-9-15)21-24-18(4,5)19(6,7)25-21/h8-11H,12-14H2,1-7H3. The fraction of sp³-hybridized carbons (Fsp3) is 0.700. The summed E-state index contributed by atoms with van der Waals surface area (Å²) in [6.45, 7) is 15.6. The molecule has 2 heterocycles. The molecule has 0 N–H and O–H groups in total. The SMILES string of the molecule is CC(C)(C)S(=O)CC1(c2ccc(B3OC(C)(C)C(C)(C)O3)cc2)COC1. The molecule has 0 saturated carbocycles. The minimum absolute atomic E-state index is 0.146. The lowest BCUT2D eigenvalue weighted by molar-refractivity contribution is -0.0478. The van der Waals surface area contributed by atoms with Crippen molar-refractivity contribution in [1.29, 1.82) is 0 Å². The number of ether oxygens (including phenoxy) is 1. The topological polar surface area (TPSA) is 44.8 Å². The second kappa shape index (κ2) is 6.44. The normalized spacial score (nSPS) is 25.0. The molecule has 1 atom stereocenters. The molecule has 1 unspecified atom stereocenters. The number of hydrogen-bond donors (Lipinski definition) is 0. The van der Waals surface area contributed by atoms with E-state index in [2.05, 4.69) is 52.0 Å². The van der Waals surface area contributed by atoms with Crippen LogP contribution in [-0.2, 0) is 30.3 Å². The molecule has 0 aliphatic carbocycles. The highest BCUT2D eigenvalue weighted by molar-refractivity contribution is 7.86. The second-order valence-corrected chi connectivity index (χ2v) is 11.8. The van der Waals surface area contributed by atoms with E-state index in [4.69, 9.17) is 14.0 Å². The van der Waals surface area contributed by atoms with Crippen LogP contribution in [0.25, 0.3) is 0 Å². The van der Waals surface area contributed by atoms with Crippen molar-refractivity contribution in [1.82, 2.24) is 0 Å². The predicted octanol–water partition coefficient (Wildman–Crippen LogP) is 2.80. The number of hydrogen-bond acceptors (Lipinski definition) is 4. The Bertz CT molecular complexity index is 671. The quantitative estimate of drug-likeness (QED) is 0.756. The van der Waals surface area contributed by atoms with Gasteiger partial charge in [0.05, 0.1) is 29.8 Å². The van der Waals surface area contributed by atoms with Crippen LogP contribution in [0.1, 0.15) is 54.0 Å². The van der Waals surface area contributed by atoms with Gasteiger partial charge < -0.3 is 14.0 Å². The van der Waals surface area contributed by atoms with Gasteiger partial charge in [0.1, 0.15) is 0 Å². The van der Waals surface area contributed by atoms with E-state index in [1.54, 1.807) is 0 Å². The Labute approximate surface area is 160 Å². The molecule has 144 valence electrons. The predicted molar refractivity (Wildman–Crippen MR) is 107 cm³/mol. The Kier molecular flexibility index (Phi) is 4.97. The van der Waals surface area contributed by atoms with Crippen LogP contribution in [0, 0.1) is 0 Å². The van der Waals surface area contributed by atoms with Gasteiger partial charge >= 0.3 is 7.12 Å². The van der Waals surface area contributed by atoms with Crippen LogP contribution in [-0.4, -0.2) is 46.2 Å². The van der Waals surface area contributed by atoms with Crippen LogP contribution in [0.15, 0.2) is 24.3 Å². The van der Waals surface area contributed by atoms with Crippen LogP contribution >= 0.6 is 0 Å². The molecular formula is C20H31BO4S. The molecule has 0 amide bonds. The van der Waals surface area contributed by atoms with E-state index in [1.807, 2.05) is 20.8 Å². The Morgan fingerprint density at radius 3 is 1.88 bits per heavy atom. The van der Waals surface area contributed by atoms with Crippen molar-refractivity contribution >= 4 is 23.4 Å². The molecule has 4 nitrogen and oxygen atoms in total. The molecule has 2 fully saturated rings. The maximum atomic E-state index is 12.7. The molecule has 1 aromatic rings. The molecule has 0 spiro atoms. The smallest absolute Gasteiger partial charge is 0.399 e. The van der Waals surface area contributed by atoms with E-state index in [-0.39, 0.29) is 28.5 Å². The summed E-state index contributed by atoms with van der Waals surface area (Å²) in [5.74, 6) is 0.631. The molecule has 3 rings (SSSR count). The van der Waals surface area contributed by atoms with Crippen molar-refractivity contribution < 1.29 is 18.3 Å². The molecule has 26 heavy (non-hydrogen) atoms. The Morgan fingerprint density at radius 1 is 1.00 bits per heavy atom. The zero-order valence-corrected chi connectivity index (χ0v) is 17.9. The zero-order chi connectivity index (χ0) is 19.4. The Morgan fingerprint density at radius 2 is 1.50 bits per heavy atom. The summed E-state index contributed by atoms with van der Waals surface area (Å²) < 4.78 is 30.2. The maximum Gasteiger partial charge on any atom is 0.494 e. The molecule has 1 aromatic carbocycles. The zero-order valence-electron chi connectivity index (χ0n) is 17.0. The minimum Gasteiger partial charge on any atom is -0.399 e. The van der Waals surface area contributed by atoms with Gasteiger partial charge in [0, 0.05) is 21.3 Å². The van der Waals surface area contributed by atoms with E-state index in [0.29, 0.717) is 19.0 Å². The third-order valence-electron chi connectivity index (χ3n) is 5.90. The fourth-order valence-corrected chi connectivity index (χ4v) is 4.39. The van der Waals surface area contributed by atoms with Gasteiger partial charge in [-0.3, -0.25) is 4.21 Å². The van der Waals surface area contributed by atoms with E-state index in [1.165, 1.54) is 5.56 Å². The third kappa shape index (κ3) is 3.53. The molecule has 2 aliphatic heterocycles.